The summed E-state index contributed by atoms with van der Waals surface area (Å²) in [6.07, 6.45) is -0.0755. The van der Waals surface area contributed by atoms with E-state index in [0.717, 1.165) is 0 Å². The average molecular weight is 413 g/mol. The monoisotopic (exact) mass is 412 g/mol. The van der Waals surface area contributed by atoms with Crippen LogP contribution in [0.1, 0.15) is 43.1 Å². The van der Waals surface area contributed by atoms with Crippen LogP contribution >= 0.6 is 11.6 Å². The fraction of sp³-hybridized carbons (Fsp3) is 0.526. The molecule has 2 N–H and O–H groups in total. The van der Waals surface area contributed by atoms with E-state index in [2.05, 4.69) is 5.32 Å². The molecule has 2 rings (SSSR count). The molecule has 1 heterocycles. The average Bonchev–Trinajstić information content (AvgIpc) is 3.03. The van der Waals surface area contributed by atoms with Gasteiger partial charge in [-0.05, 0) is 38.5 Å². The number of aliphatic carboxylic acids is 1. The molecule has 0 radical (unpaired) electrons. The summed E-state index contributed by atoms with van der Waals surface area (Å²) >= 11 is 6.23. The smallest absolute Gasteiger partial charge is 0.338 e. The maximum absolute atomic E-state index is 12.4. The van der Waals surface area contributed by atoms with E-state index < -0.39 is 29.6 Å². The maximum atomic E-state index is 12.4. The first-order valence-electron chi connectivity index (χ1n) is 8.83. The molecule has 8 nitrogen and oxygen atoms in total. The van der Waals surface area contributed by atoms with Crippen LogP contribution in [0.3, 0.4) is 0 Å². The van der Waals surface area contributed by atoms with Crippen molar-refractivity contribution >= 4 is 29.6 Å². The Morgan fingerprint density at radius 3 is 2.54 bits per heavy atom. The number of halogens is 1. The molecule has 9 heteroatoms. The zero-order valence-corrected chi connectivity index (χ0v) is 17.1. The van der Waals surface area contributed by atoms with Gasteiger partial charge in [-0.2, -0.15) is 0 Å². The topological polar surface area (TPSA) is 105 Å². The second-order valence-electron chi connectivity index (χ2n) is 7.57. The molecule has 1 aliphatic heterocycles. The van der Waals surface area contributed by atoms with Gasteiger partial charge in [0.25, 0.3) is 0 Å². The van der Waals surface area contributed by atoms with Gasteiger partial charge in [0.05, 0.1) is 11.7 Å². The zero-order valence-electron chi connectivity index (χ0n) is 16.3. The van der Waals surface area contributed by atoms with Crippen molar-refractivity contribution in [3.8, 4) is 0 Å². The van der Waals surface area contributed by atoms with Gasteiger partial charge in [-0.25, -0.2) is 14.4 Å². The lowest BCUT2D eigenvalue weighted by molar-refractivity contribution is -0.141. The first-order chi connectivity index (χ1) is 13.0. The number of hydrogen-bond donors (Lipinski definition) is 2. The van der Waals surface area contributed by atoms with Crippen molar-refractivity contribution in [2.24, 2.45) is 0 Å². The van der Waals surface area contributed by atoms with Crippen LogP contribution in [0.2, 0.25) is 5.02 Å². The Kier molecular flexibility index (Phi) is 6.90. The van der Waals surface area contributed by atoms with Crippen molar-refractivity contribution in [1.29, 1.82) is 0 Å². The van der Waals surface area contributed by atoms with E-state index in [4.69, 9.17) is 21.1 Å². The molecule has 0 saturated carbocycles. The normalized spacial score (nSPS) is 19.4. The highest BCUT2D eigenvalue weighted by Gasteiger charge is 2.39. The number of likely N-dealkylation sites (tertiary alicyclic amines) is 1. The second-order valence-corrected chi connectivity index (χ2v) is 7.97. The third-order valence-corrected chi connectivity index (χ3v) is 4.61. The van der Waals surface area contributed by atoms with Crippen molar-refractivity contribution in [2.75, 3.05) is 13.7 Å². The minimum Gasteiger partial charge on any atom is -0.480 e. The molecule has 1 aromatic carbocycles. The fourth-order valence-corrected chi connectivity index (χ4v) is 3.10. The number of esters is 1. The summed E-state index contributed by atoms with van der Waals surface area (Å²) in [4.78, 5) is 37.1. The molecule has 0 spiro atoms. The van der Waals surface area contributed by atoms with E-state index in [-0.39, 0.29) is 25.6 Å². The molecule has 1 aliphatic rings. The van der Waals surface area contributed by atoms with Crippen LogP contribution in [0, 0.1) is 0 Å². The summed E-state index contributed by atoms with van der Waals surface area (Å²) in [5, 5.41) is 12.3. The van der Waals surface area contributed by atoms with Gasteiger partial charge in [0, 0.05) is 31.6 Å². The number of nitrogens with zero attached hydrogens (tertiary/aromatic N) is 1. The van der Waals surface area contributed by atoms with Crippen LogP contribution in [0.15, 0.2) is 18.2 Å². The van der Waals surface area contributed by atoms with Crippen molar-refractivity contribution in [1.82, 2.24) is 10.2 Å². The molecule has 0 aromatic heterocycles. The quantitative estimate of drug-likeness (QED) is 0.720. The Balaban J connectivity index is 2.01. The molecule has 0 bridgehead atoms. The minimum atomic E-state index is -1.07. The predicted octanol–water partition coefficient (Wildman–Crippen LogP) is 2.68. The van der Waals surface area contributed by atoms with Gasteiger partial charge < -0.3 is 24.8 Å². The number of carbonyl (C=O) groups is 3. The highest BCUT2D eigenvalue weighted by atomic mass is 35.5. The molecule has 0 aliphatic carbocycles. The third-order valence-electron chi connectivity index (χ3n) is 4.26. The Morgan fingerprint density at radius 2 is 2.00 bits per heavy atom. The minimum absolute atomic E-state index is 0.0900. The molecular weight excluding hydrogens is 388 g/mol. The van der Waals surface area contributed by atoms with Gasteiger partial charge in [0.15, 0.2) is 0 Å². The van der Waals surface area contributed by atoms with Crippen LogP contribution in [0.25, 0.3) is 0 Å². The van der Waals surface area contributed by atoms with Gasteiger partial charge in [-0.15, -0.1) is 0 Å². The van der Waals surface area contributed by atoms with E-state index in [1.165, 1.54) is 18.1 Å². The highest BCUT2D eigenvalue weighted by Crippen LogP contribution is 2.22. The van der Waals surface area contributed by atoms with E-state index in [9.17, 15) is 19.5 Å². The van der Waals surface area contributed by atoms with Gasteiger partial charge in [-0.3, -0.25) is 0 Å². The number of methoxy groups -OCH3 is 1. The van der Waals surface area contributed by atoms with E-state index in [0.29, 0.717) is 16.1 Å². The Morgan fingerprint density at radius 1 is 1.32 bits per heavy atom. The number of nitrogens with one attached hydrogen (secondary N) is 1. The predicted molar refractivity (Wildman–Crippen MR) is 102 cm³/mol. The summed E-state index contributed by atoms with van der Waals surface area (Å²) in [6.45, 7) is 5.60. The summed E-state index contributed by atoms with van der Waals surface area (Å²) in [7, 11) is 1.48. The van der Waals surface area contributed by atoms with Crippen LogP contribution < -0.4 is 5.32 Å². The zero-order chi connectivity index (χ0) is 21.1. The number of carboxylic acid groups (broad SMARTS) is 1. The Labute approximate surface area is 168 Å². The van der Waals surface area contributed by atoms with Gasteiger partial charge in [0.2, 0.25) is 0 Å². The SMILES string of the molecule is CO[C@@H]1C[C@@H](C(=O)O)N(C(=O)NCc2ccc(C(=O)OC(C)(C)C)cc2Cl)C1. The van der Waals surface area contributed by atoms with Crippen molar-refractivity contribution in [3.05, 3.63) is 34.3 Å². The number of rotatable bonds is 5. The summed E-state index contributed by atoms with van der Waals surface area (Å²) in [6, 6.07) is 3.22. The molecule has 154 valence electrons. The van der Waals surface area contributed by atoms with Crippen molar-refractivity contribution in [2.45, 2.75) is 51.5 Å². The molecular formula is C19H25ClN2O6. The van der Waals surface area contributed by atoms with E-state index in [1.807, 2.05) is 0 Å². The first-order valence-corrected chi connectivity index (χ1v) is 9.21. The largest absolute Gasteiger partial charge is 0.480 e. The molecule has 1 aromatic rings. The standard InChI is InChI=1S/C19H25ClN2O6/c1-19(2,3)28-17(25)11-5-6-12(14(20)7-11)9-21-18(26)22-10-13(27-4)8-15(22)16(23)24/h5-7,13,15H,8-10H2,1-4H3,(H,21,26)(H,23,24)/t13-,15+/m1/s1. The van der Waals surface area contributed by atoms with Crippen LogP contribution in [-0.4, -0.2) is 59.4 Å². The molecule has 2 amide bonds. The van der Waals surface area contributed by atoms with Crippen LogP contribution in [0.5, 0.6) is 0 Å². The number of benzene rings is 1. The number of ether oxygens (including phenoxy) is 2. The summed E-state index contributed by atoms with van der Waals surface area (Å²) in [5.41, 5.74) is 0.285. The number of carboxylic acids is 1. The highest BCUT2D eigenvalue weighted by molar-refractivity contribution is 6.31. The fourth-order valence-electron chi connectivity index (χ4n) is 2.85. The molecule has 1 saturated heterocycles. The molecule has 28 heavy (non-hydrogen) atoms. The van der Waals surface area contributed by atoms with Gasteiger partial charge in [0.1, 0.15) is 11.6 Å². The number of carbonyl (C=O) groups excluding carboxylic acids is 2. The lowest BCUT2D eigenvalue weighted by Crippen LogP contribution is -2.46. The maximum Gasteiger partial charge on any atom is 0.338 e. The van der Waals surface area contributed by atoms with Crippen LogP contribution in [-0.2, 0) is 20.8 Å². The van der Waals surface area contributed by atoms with E-state index in [1.54, 1.807) is 32.9 Å². The first kappa shape index (κ1) is 22.0. The summed E-state index contributed by atoms with van der Waals surface area (Å²) < 4.78 is 10.5. The Hall–Kier alpha value is -2.32. The number of hydrogen-bond acceptors (Lipinski definition) is 5. The van der Waals surface area contributed by atoms with Gasteiger partial charge in [-0.1, -0.05) is 17.7 Å². The van der Waals surface area contributed by atoms with Crippen molar-refractivity contribution in [3.63, 3.8) is 0 Å². The van der Waals surface area contributed by atoms with Crippen molar-refractivity contribution < 1.29 is 29.0 Å². The third kappa shape index (κ3) is 5.59. The van der Waals surface area contributed by atoms with Gasteiger partial charge >= 0.3 is 18.0 Å². The second kappa shape index (κ2) is 8.79. The van der Waals surface area contributed by atoms with E-state index >= 15 is 0 Å². The summed E-state index contributed by atoms with van der Waals surface area (Å²) in [5.74, 6) is -1.56. The van der Waals surface area contributed by atoms with Crippen LogP contribution in [0.4, 0.5) is 4.79 Å². The lowest BCUT2D eigenvalue weighted by atomic mass is 10.1. The lowest BCUT2D eigenvalue weighted by Gasteiger charge is -2.22. The number of urea groups is 1. The Bertz CT molecular complexity index is 761. The molecule has 0 unspecified atom stereocenters. The molecule has 1 fully saturated rings. The molecule has 2 atom stereocenters. The number of amides is 2.